The Balaban J connectivity index is 2.04. The van der Waals surface area contributed by atoms with E-state index in [9.17, 15) is 0 Å². The van der Waals surface area contributed by atoms with Gasteiger partial charge in [0.2, 0.25) is 0 Å². The van der Waals surface area contributed by atoms with Gasteiger partial charge in [-0.05, 0) is 35.1 Å². The molecule has 0 heterocycles. The third-order valence-corrected chi connectivity index (χ3v) is 3.52. The number of fused-ring (bicyclic) bond motifs is 1. The van der Waals surface area contributed by atoms with Crippen LogP contribution in [0.4, 0.5) is 0 Å². The van der Waals surface area contributed by atoms with E-state index in [1.807, 2.05) is 0 Å². The lowest BCUT2D eigenvalue weighted by atomic mass is 9.96. The first kappa shape index (κ1) is 12.2. The third-order valence-electron chi connectivity index (χ3n) is 3.52. The molecule has 0 N–H and O–H groups in total. The predicted molar refractivity (Wildman–Crippen MR) is 76.3 cm³/mol. The van der Waals surface area contributed by atoms with Crippen LogP contribution in [0.2, 0.25) is 0 Å². The maximum Gasteiger partial charge on any atom is -0.0181 e. The zero-order chi connectivity index (χ0) is 12.1. The maximum absolute atomic E-state index is 2.37. The van der Waals surface area contributed by atoms with Gasteiger partial charge in [-0.15, -0.1) is 0 Å². The molecule has 0 nitrogen and oxygen atoms in total. The molecule has 2 aromatic rings. The van der Waals surface area contributed by atoms with Gasteiger partial charge in [-0.3, -0.25) is 0 Å². The second-order valence-corrected chi connectivity index (χ2v) is 5.11. The smallest absolute Gasteiger partial charge is 0.0181 e. The highest BCUT2D eigenvalue weighted by atomic mass is 14.1. The monoisotopic (exact) mass is 226 g/mol. The zero-order valence-corrected chi connectivity index (χ0v) is 10.9. The van der Waals surface area contributed by atoms with Crippen LogP contribution in [0.5, 0.6) is 0 Å². The molecule has 0 aliphatic rings. The largest absolute Gasteiger partial charge is 0.0654 e. The molecule has 1 unspecified atom stereocenters. The summed E-state index contributed by atoms with van der Waals surface area (Å²) in [5.74, 6) is 0.853. The van der Waals surface area contributed by atoms with Crippen molar-refractivity contribution < 1.29 is 0 Å². The number of benzene rings is 2. The Morgan fingerprint density at radius 1 is 0.941 bits per heavy atom. The van der Waals surface area contributed by atoms with Gasteiger partial charge in [0, 0.05) is 0 Å². The van der Waals surface area contributed by atoms with Gasteiger partial charge in [0.1, 0.15) is 0 Å². The van der Waals surface area contributed by atoms with Gasteiger partial charge in [0.15, 0.2) is 0 Å². The van der Waals surface area contributed by atoms with Gasteiger partial charge >= 0.3 is 0 Å². The van der Waals surface area contributed by atoms with Crippen molar-refractivity contribution in [3.05, 3.63) is 48.0 Å². The molecule has 0 bridgehead atoms. The van der Waals surface area contributed by atoms with Crippen molar-refractivity contribution in [2.24, 2.45) is 5.92 Å². The van der Waals surface area contributed by atoms with E-state index >= 15 is 0 Å². The molecule has 0 fully saturated rings. The normalized spacial score (nSPS) is 12.8. The van der Waals surface area contributed by atoms with Gasteiger partial charge in [0.25, 0.3) is 0 Å². The second kappa shape index (κ2) is 5.86. The van der Waals surface area contributed by atoms with Crippen LogP contribution < -0.4 is 0 Å². The summed E-state index contributed by atoms with van der Waals surface area (Å²) in [6.07, 6.45) is 5.19. The first-order valence-electron chi connectivity index (χ1n) is 6.77. The summed E-state index contributed by atoms with van der Waals surface area (Å²) in [6, 6.07) is 15.5. The Kier molecular flexibility index (Phi) is 4.19. The zero-order valence-electron chi connectivity index (χ0n) is 10.9. The minimum absolute atomic E-state index is 0.853. The lowest BCUT2D eigenvalue weighted by Gasteiger charge is -2.10. The molecule has 0 aromatic heterocycles. The Hall–Kier alpha value is -1.30. The Labute approximate surface area is 105 Å². The SMILES string of the molecule is CCCC(C)CCc1ccc2ccccc2c1. The van der Waals surface area contributed by atoms with Gasteiger partial charge in [-0.2, -0.15) is 0 Å². The fraction of sp³-hybridized carbons (Fsp3) is 0.412. The van der Waals surface area contributed by atoms with Gasteiger partial charge in [-0.25, -0.2) is 0 Å². The van der Waals surface area contributed by atoms with E-state index in [4.69, 9.17) is 0 Å². The van der Waals surface area contributed by atoms with E-state index in [1.165, 1.54) is 42.0 Å². The van der Waals surface area contributed by atoms with Crippen molar-refractivity contribution in [3.63, 3.8) is 0 Å². The first-order valence-corrected chi connectivity index (χ1v) is 6.77. The molecule has 17 heavy (non-hydrogen) atoms. The van der Waals surface area contributed by atoms with E-state index in [-0.39, 0.29) is 0 Å². The summed E-state index contributed by atoms with van der Waals surface area (Å²) in [5.41, 5.74) is 1.48. The summed E-state index contributed by atoms with van der Waals surface area (Å²) in [6.45, 7) is 4.64. The molecule has 2 aromatic carbocycles. The molecule has 1 atom stereocenters. The van der Waals surface area contributed by atoms with Crippen molar-refractivity contribution in [2.75, 3.05) is 0 Å². The van der Waals surface area contributed by atoms with Gasteiger partial charge < -0.3 is 0 Å². The van der Waals surface area contributed by atoms with Crippen molar-refractivity contribution in [3.8, 4) is 0 Å². The minimum Gasteiger partial charge on any atom is -0.0654 e. The third kappa shape index (κ3) is 3.33. The van der Waals surface area contributed by atoms with Crippen LogP contribution in [-0.4, -0.2) is 0 Å². The second-order valence-electron chi connectivity index (χ2n) is 5.11. The molecule has 0 radical (unpaired) electrons. The van der Waals surface area contributed by atoms with E-state index in [0.29, 0.717) is 0 Å². The summed E-state index contributed by atoms with van der Waals surface area (Å²) >= 11 is 0. The van der Waals surface area contributed by atoms with Crippen LogP contribution in [0.3, 0.4) is 0 Å². The Morgan fingerprint density at radius 2 is 1.71 bits per heavy atom. The van der Waals surface area contributed by atoms with Crippen molar-refractivity contribution in [1.82, 2.24) is 0 Å². The fourth-order valence-electron chi connectivity index (χ4n) is 2.44. The molecule has 0 saturated heterocycles. The van der Waals surface area contributed by atoms with Crippen LogP contribution in [0.1, 0.15) is 38.7 Å². The van der Waals surface area contributed by atoms with Crippen LogP contribution in [0.15, 0.2) is 42.5 Å². The molecule has 0 aliphatic carbocycles. The number of rotatable bonds is 5. The van der Waals surface area contributed by atoms with Crippen molar-refractivity contribution in [2.45, 2.75) is 39.5 Å². The van der Waals surface area contributed by atoms with Gasteiger partial charge in [-0.1, -0.05) is 69.2 Å². The number of aryl methyl sites for hydroxylation is 1. The van der Waals surface area contributed by atoms with Crippen LogP contribution in [0, 0.1) is 5.92 Å². The molecule has 0 aliphatic heterocycles. The Morgan fingerprint density at radius 3 is 2.47 bits per heavy atom. The maximum atomic E-state index is 2.37. The molecule has 0 spiro atoms. The average Bonchev–Trinajstić information content (AvgIpc) is 2.36. The summed E-state index contributed by atoms with van der Waals surface area (Å²) in [7, 11) is 0. The predicted octanol–water partition coefficient (Wildman–Crippen LogP) is 5.21. The molecule has 0 amide bonds. The van der Waals surface area contributed by atoms with Crippen LogP contribution in [-0.2, 0) is 6.42 Å². The molecule has 90 valence electrons. The van der Waals surface area contributed by atoms with E-state index in [0.717, 1.165) is 5.92 Å². The van der Waals surface area contributed by atoms with E-state index < -0.39 is 0 Å². The average molecular weight is 226 g/mol. The first-order chi connectivity index (χ1) is 8.29. The highest BCUT2D eigenvalue weighted by Crippen LogP contribution is 2.19. The van der Waals surface area contributed by atoms with E-state index in [2.05, 4.69) is 56.3 Å². The molecule has 2 rings (SSSR count). The van der Waals surface area contributed by atoms with Crippen LogP contribution in [0.25, 0.3) is 10.8 Å². The summed E-state index contributed by atoms with van der Waals surface area (Å²) < 4.78 is 0. The van der Waals surface area contributed by atoms with Crippen molar-refractivity contribution in [1.29, 1.82) is 0 Å². The Bertz CT molecular complexity index is 470. The van der Waals surface area contributed by atoms with E-state index in [1.54, 1.807) is 0 Å². The highest BCUT2D eigenvalue weighted by Gasteiger charge is 2.02. The quantitative estimate of drug-likeness (QED) is 0.656. The molecule has 0 saturated carbocycles. The topological polar surface area (TPSA) is 0 Å². The van der Waals surface area contributed by atoms with Crippen molar-refractivity contribution >= 4 is 10.8 Å². The standard InChI is InChI=1S/C17H22/c1-3-6-14(2)9-10-15-11-12-16-7-4-5-8-17(16)13-15/h4-5,7-8,11-14H,3,6,9-10H2,1-2H3. The fourth-order valence-corrected chi connectivity index (χ4v) is 2.44. The molecular weight excluding hydrogens is 204 g/mol. The highest BCUT2D eigenvalue weighted by molar-refractivity contribution is 5.82. The summed E-state index contributed by atoms with van der Waals surface area (Å²) in [5, 5.41) is 2.71. The summed E-state index contributed by atoms with van der Waals surface area (Å²) in [4.78, 5) is 0. The number of hydrogen-bond acceptors (Lipinski definition) is 0. The lowest BCUT2D eigenvalue weighted by molar-refractivity contribution is 0.486. The molecular formula is C17H22. The lowest BCUT2D eigenvalue weighted by Crippen LogP contribution is -1.96. The minimum atomic E-state index is 0.853. The van der Waals surface area contributed by atoms with Gasteiger partial charge in [0.05, 0.1) is 0 Å². The number of hydrogen-bond donors (Lipinski definition) is 0. The van der Waals surface area contributed by atoms with Crippen LogP contribution >= 0.6 is 0 Å². The molecule has 0 heteroatoms.